The number of hydrogen-bond acceptors (Lipinski definition) is 8. The minimum absolute atomic E-state index is 0.0264. The molecular formula is C20H19N3O8. The third-order valence-corrected chi connectivity index (χ3v) is 5.89. The summed E-state index contributed by atoms with van der Waals surface area (Å²) in [6.45, 7) is -1.29. The number of nitrogens with zero attached hydrogens (tertiary/aromatic N) is 2. The van der Waals surface area contributed by atoms with Crippen LogP contribution in [0.4, 0.5) is 11.4 Å². The van der Waals surface area contributed by atoms with Crippen molar-refractivity contribution in [3.63, 3.8) is 0 Å². The second kappa shape index (κ2) is 7.82. The molecule has 1 aromatic rings. The third-order valence-electron chi connectivity index (χ3n) is 5.89. The zero-order valence-electron chi connectivity index (χ0n) is 16.5. The van der Waals surface area contributed by atoms with E-state index in [0.717, 1.165) is 17.4 Å². The molecule has 162 valence electrons. The molecule has 2 fully saturated rings. The van der Waals surface area contributed by atoms with E-state index in [2.05, 4.69) is 5.32 Å². The maximum absolute atomic E-state index is 12.6. The number of esters is 1. The maximum atomic E-state index is 12.6. The lowest BCUT2D eigenvalue weighted by molar-refractivity contribution is -0.384. The van der Waals surface area contributed by atoms with Gasteiger partial charge in [-0.2, -0.15) is 0 Å². The molecule has 4 rings (SSSR count). The Morgan fingerprint density at radius 1 is 1.19 bits per heavy atom. The zero-order valence-corrected chi connectivity index (χ0v) is 16.5. The fourth-order valence-corrected chi connectivity index (χ4v) is 4.52. The number of rotatable bonds is 7. The molecule has 3 aliphatic rings. The van der Waals surface area contributed by atoms with Crippen LogP contribution in [0.2, 0.25) is 0 Å². The van der Waals surface area contributed by atoms with Crippen LogP contribution in [0.1, 0.15) is 6.42 Å². The van der Waals surface area contributed by atoms with E-state index in [-0.39, 0.29) is 40.8 Å². The molecule has 1 heterocycles. The summed E-state index contributed by atoms with van der Waals surface area (Å²) in [6, 6.07) is 3.86. The lowest BCUT2D eigenvalue weighted by Gasteiger charge is -2.16. The molecule has 1 saturated carbocycles. The number of fused-ring (bicyclic) bond motifs is 5. The van der Waals surface area contributed by atoms with Crippen LogP contribution in [-0.2, 0) is 23.9 Å². The number of benzene rings is 1. The molecule has 2 aliphatic carbocycles. The van der Waals surface area contributed by atoms with Crippen LogP contribution >= 0.6 is 0 Å². The number of hydrogen-bond donors (Lipinski definition) is 1. The molecule has 4 atom stereocenters. The van der Waals surface area contributed by atoms with Crippen LogP contribution in [0, 0.1) is 33.8 Å². The van der Waals surface area contributed by atoms with Crippen molar-refractivity contribution >= 4 is 35.1 Å². The second-order valence-corrected chi connectivity index (χ2v) is 7.61. The van der Waals surface area contributed by atoms with E-state index in [0.29, 0.717) is 0 Å². The summed E-state index contributed by atoms with van der Waals surface area (Å²) < 4.78 is 9.78. The zero-order chi connectivity index (χ0) is 22.3. The highest BCUT2D eigenvalue weighted by Crippen LogP contribution is 2.52. The van der Waals surface area contributed by atoms with Gasteiger partial charge in [0.2, 0.25) is 11.8 Å². The summed E-state index contributed by atoms with van der Waals surface area (Å²) >= 11 is 0. The summed E-state index contributed by atoms with van der Waals surface area (Å²) in [7, 11) is 1.35. The van der Waals surface area contributed by atoms with Crippen molar-refractivity contribution in [1.29, 1.82) is 0 Å². The SMILES string of the molecule is COc1ccc(NC(=O)COC(=O)CN2C(=O)C3C4C=CC(C4)C3C2=O)c([N+](=O)[O-])c1. The van der Waals surface area contributed by atoms with Gasteiger partial charge in [-0.1, -0.05) is 12.2 Å². The van der Waals surface area contributed by atoms with Gasteiger partial charge in [0.05, 0.1) is 29.9 Å². The standard InChI is InChI=1S/C20H19N3O8/c1-30-12-4-5-13(14(7-12)23(28)29)21-15(24)9-31-16(25)8-22-19(26)17-10-2-3-11(6-10)18(17)20(22)27/h2-5,7,10-11,17-18H,6,8-9H2,1H3,(H,21,24). The smallest absolute Gasteiger partial charge is 0.326 e. The molecule has 11 nitrogen and oxygen atoms in total. The molecule has 1 aromatic carbocycles. The van der Waals surface area contributed by atoms with Crippen LogP contribution in [0.25, 0.3) is 0 Å². The van der Waals surface area contributed by atoms with Crippen molar-refractivity contribution in [2.45, 2.75) is 6.42 Å². The first-order valence-electron chi connectivity index (χ1n) is 9.61. The number of allylic oxidation sites excluding steroid dienone is 2. The Morgan fingerprint density at radius 2 is 1.84 bits per heavy atom. The summed E-state index contributed by atoms with van der Waals surface area (Å²) in [4.78, 5) is 60.7. The van der Waals surface area contributed by atoms with E-state index < -0.39 is 41.8 Å². The van der Waals surface area contributed by atoms with Gasteiger partial charge in [-0.05, 0) is 30.4 Å². The van der Waals surface area contributed by atoms with Crippen molar-refractivity contribution in [3.05, 3.63) is 40.5 Å². The van der Waals surface area contributed by atoms with Crippen molar-refractivity contribution < 1.29 is 33.6 Å². The molecular weight excluding hydrogens is 410 g/mol. The van der Waals surface area contributed by atoms with E-state index in [9.17, 15) is 29.3 Å². The monoisotopic (exact) mass is 429 g/mol. The molecule has 4 unspecified atom stereocenters. The summed E-state index contributed by atoms with van der Waals surface area (Å²) in [5, 5.41) is 13.5. The number of carbonyl (C=O) groups excluding carboxylic acids is 4. The maximum Gasteiger partial charge on any atom is 0.326 e. The number of nitro benzene ring substituents is 1. The normalized spacial score (nSPS) is 25.5. The highest BCUT2D eigenvalue weighted by molar-refractivity contribution is 6.08. The molecule has 0 radical (unpaired) electrons. The van der Waals surface area contributed by atoms with Gasteiger partial charge in [0, 0.05) is 0 Å². The number of likely N-dealkylation sites (tertiary alicyclic amines) is 1. The van der Waals surface area contributed by atoms with E-state index in [1.807, 2.05) is 12.2 Å². The first-order chi connectivity index (χ1) is 14.8. The Morgan fingerprint density at radius 3 is 2.42 bits per heavy atom. The first kappa shape index (κ1) is 20.5. The van der Waals surface area contributed by atoms with Gasteiger partial charge in [-0.3, -0.25) is 34.2 Å². The van der Waals surface area contributed by atoms with Crippen molar-refractivity contribution in [2.75, 3.05) is 25.6 Å². The molecule has 1 aliphatic heterocycles. The van der Waals surface area contributed by atoms with E-state index in [1.54, 1.807) is 0 Å². The van der Waals surface area contributed by atoms with Gasteiger partial charge in [0.25, 0.3) is 11.6 Å². The lowest BCUT2D eigenvalue weighted by Crippen LogP contribution is -2.38. The van der Waals surface area contributed by atoms with Crippen LogP contribution in [-0.4, -0.2) is 53.8 Å². The van der Waals surface area contributed by atoms with Gasteiger partial charge in [-0.15, -0.1) is 0 Å². The minimum atomic E-state index is -0.915. The van der Waals surface area contributed by atoms with E-state index in [1.165, 1.54) is 19.2 Å². The highest BCUT2D eigenvalue weighted by atomic mass is 16.6. The van der Waals surface area contributed by atoms with Gasteiger partial charge < -0.3 is 14.8 Å². The number of nitrogens with one attached hydrogen (secondary N) is 1. The van der Waals surface area contributed by atoms with Gasteiger partial charge in [0.15, 0.2) is 6.61 Å². The number of nitro groups is 1. The Kier molecular flexibility index (Phi) is 5.17. The van der Waals surface area contributed by atoms with Crippen LogP contribution < -0.4 is 10.1 Å². The Labute approximate surface area is 176 Å². The minimum Gasteiger partial charge on any atom is -0.496 e. The van der Waals surface area contributed by atoms with Crippen LogP contribution in [0.3, 0.4) is 0 Å². The largest absolute Gasteiger partial charge is 0.496 e. The predicted molar refractivity (Wildman–Crippen MR) is 104 cm³/mol. The Bertz CT molecular complexity index is 990. The molecule has 1 saturated heterocycles. The van der Waals surface area contributed by atoms with Crippen molar-refractivity contribution in [2.24, 2.45) is 23.7 Å². The number of anilines is 1. The molecule has 1 N–H and O–H groups in total. The molecule has 0 aromatic heterocycles. The quantitative estimate of drug-likeness (QED) is 0.221. The molecule has 2 bridgehead atoms. The first-order valence-corrected chi connectivity index (χ1v) is 9.61. The summed E-state index contributed by atoms with van der Waals surface area (Å²) in [5.74, 6) is -3.05. The second-order valence-electron chi connectivity index (χ2n) is 7.61. The Hall–Kier alpha value is -3.76. The molecule has 11 heteroatoms. The number of imide groups is 1. The summed E-state index contributed by atoms with van der Waals surface area (Å²) in [6.07, 6.45) is 4.67. The fourth-order valence-electron chi connectivity index (χ4n) is 4.52. The van der Waals surface area contributed by atoms with Crippen molar-refractivity contribution in [3.8, 4) is 5.75 Å². The molecule has 0 spiro atoms. The van der Waals surface area contributed by atoms with Gasteiger partial charge in [0.1, 0.15) is 18.0 Å². The molecule has 31 heavy (non-hydrogen) atoms. The van der Waals surface area contributed by atoms with E-state index in [4.69, 9.17) is 9.47 Å². The number of amides is 3. The molecule has 3 amide bonds. The fraction of sp³-hybridized carbons (Fsp3) is 0.400. The predicted octanol–water partition coefficient (Wildman–Crippen LogP) is 0.892. The topological polar surface area (TPSA) is 145 Å². The number of methoxy groups -OCH3 is 1. The summed E-state index contributed by atoms with van der Waals surface area (Å²) in [5.41, 5.74) is -0.477. The van der Waals surface area contributed by atoms with Gasteiger partial charge >= 0.3 is 5.97 Å². The number of carbonyl (C=O) groups is 4. The Balaban J connectivity index is 1.32. The highest BCUT2D eigenvalue weighted by Gasteiger charge is 2.59. The third kappa shape index (κ3) is 3.62. The van der Waals surface area contributed by atoms with Crippen LogP contribution in [0.5, 0.6) is 5.75 Å². The average molecular weight is 429 g/mol. The average Bonchev–Trinajstić information content (AvgIpc) is 3.42. The van der Waals surface area contributed by atoms with Crippen molar-refractivity contribution in [1.82, 2.24) is 4.90 Å². The van der Waals surface area contributed by atoms with Gasteiger partial charge in [-0.25, -0.2) is 0 Å². The van der Waals surface area contributed by atoms with Crippen LogP contribution in [0.15, 0.2) is 30.4 Å². The number of ether oxygens (including phenoxy) is 2. The van der Waals surface area contributed by atoms with E-state index >= 15 is 0 Å². The lowest BCUT2D eigenvalue weighted by atomic mass is 9.85.